The van der Waals surface area contributed by atoms with E-state index < -0.39 is 0 Å². The number of benzene rings is 2. The summed E-state index contributed by atoms with van der Waals surface area (Å²) in [5, 5.41) is 0.494. The largest absolute Gasteiger partial charge is 0.491 e. The lowest BCUT2D eigenvalue weighted by atomic mass is 10.0. The fourth-order valence-electron chi connectivity index (χ4n) is 3.34. The van der Waals surface area contributed by atoms with E-state index in [4.69, 9.17) is 16.3 Å². The molecule has 0 aliphatic rings. The summed E-state index contributed by atoms with van der Waals surface area (Å²) in [5.41, 5.74) is 1.18. The minimum Gasteiger partial charge on any atom is -0.491 e. The number of ketones is 1. The second kappa shape index (κ2) is 13.4. The van der Waals surface area contributed by atoms with Gasteiger partial charge in [-0.2, -0.15) is 0 Å². The molecular formula is C25H33ClO2. The molecule has 0 N–H and O–H groups in total. The first-order valence-corrected chi connectivity index (χ1v) is 11.1. The standard InChI is InChI=1S/C25H33ClO2/c1-2-3-4-5-6-7-8-9-10-14-20-28-25-22(18-15-19-23(25)26)24(27)21-16-12-11-13-17-21/h11-13,15-19H,2-10,14,20H2,1H3. The minimum atomic E-state index is -0.0545. The van der Waals surface area contributed by atoms with E-state index in [0.717, 1.165) is 12.8 Å². The molecule has 0 bridgehead atoms. The van der Waals surface area contributed by atoms with Crippen LogP contribution >= 0.6 is 11.6 Å². The van der Waals surface area contributed by atoms with Gasteiger partial charge in [0.05, 0.1) is 17.2 Å². The molecule has 0 amide bonds. The van der Waals surface area contributed by atoms with E-state index in [1.165, 1.54) is 51.4 Å². The summed E-state index contributed by atoms with van der Waals surface area (Å²) in [5.74, 6) is 0.454. The molecule has 0 fully saturated rings. The summed E-state index contributed by atoms with van der Waals surface area (Å²) in [6.07, 6.45) is 12.8. The molecule has 2 nitrogen and oxygen atoms in total. The molecule has 28 heavy (non-hydrogen) atoms. The fraction of sp³-hybridized carbons (Fsp3) is 0.480. The van der Waals surface area contributed by atoms with Crippen LogP contribution in [0.3, 0.4) is 0 Å². The van der Waals surface area contributed by atoms with Crippen molar-refractivity contribution in [3.05, 3.63) is 64.7 Å². The number of ether oxygens (including phenoxy) is 1. The average molecular weight is 401 g/mol. The lowest BCUT2D eigenvalue weighted by Crippen LogP contribution is -2.07. The van der Waals surface area contributed by atoms with Gasteiger partial charge >= 0.3 is 0 Å². The molecular weight excluding hydrogens is 368 g/mol. The summed E-state index contributed by atoms with van der Waals surface area (Å²) in [6.45, 7) is 2.85. The van der Waals surface area contributed by atoms with E-state index in [0.29, 0.717) is 28.5 Å². The maximum atomic E-state index is 12.8. The number of hydrogen-bond acceptors (Lipinski definition) is 2. The molecule has 152 valence electrons. The quantitative estimate of drug-likeness (QED) is 0.238. The molecule has 0 atom stereocenters. The Hall–Kier alpha value is -1.80. The van der Waals surface area contributed by atoms with Gasteiger partial charge in [-0.15, -0.1) is 0 Å². The molecule has 2 aromatic rings. The van der Waals surface area contributed by atoms with Crippen molar-refractivity contribution < 1.29 is 9.53 Å². The minimum absolute atomic E-state index is 0.0545. The smallest absolute Gasteiger partial charge is 0.196 e. The fourth-order valence-corrected chi connectivity index (χ4v) is 3.57. The van der Waals surface area contributed by atoms with E-state index in [1.54, 1.807) is 18.2 Å². The molecule has 0 aliphatic carbocycles. The summed E-state index contributed by atoms with van der Waals surface area (Å²) in [7, 11) is 0. The Balaban J connectivity index is 1.73. The zero-order chi connectivity index (χ0) is 20.0. The topological polar surface area (TPSA) is 26.3 Å². The van der Waals surface area contributed by atoms with Crippen LogP contribution in [0, 0.1) is 0 Å². The Morgan fingerprint density at radius 3 is 2.04 bits per heavy atom. The van der Waals surface area contributed by atoms with Crippen LogP contribution in [0.5, 0.6) is 5.75 Å². The van der Waals surface area contributed by atoms with Crippen molar-refractivity contribution in [1.82, 2.24) is 0 Å². The highest BCUT2D eigenvalue weighted by Gasteiger charge is 2.17. The SMILES string of the molecule is CCCCCCCCCCCCOc1c(Cl)cccc1C(=O)c1ccccc1. The van der Waals surface area contributed by atoms with Gasteiger partial charge in [-0.1, -0.05) is 113 Å². The third-order valence-electron chi connectivity index (χ3n) is 4.99. The Morgan fingerprint density at radius 2 is 1.39 bits per heavy atom. The van der Waals surface area contributed by atoms with Crippen LogP contribution in [0.1, 0.15) is 87.1 Å². The Morgan fingerprint density at radius 1 is 0.786 bits per heavy atom. The van der Waals surface area contributed by atoms with Crippen molar-refractivity contribution in [3.8, 4) is 5.75 Å². The van der Waals surface area contributed by atoms with Gasteiger partial charge < -0.3 is 4.74 Å². The van der Waals surface area contributed by atoms with Crippen molar-refractivity contribution in [1.29, 1.82) is 0 Å². The first-order valence-electron chi connectivity index (χ1n) is 10.7. The van der Waals surface area contributed by atoms with E-state index in [1.807, 2.05) is 30.3 Å². The number of carbonyl (C=O) groups is 1. The van der Waals surface area contributed by atoms with Gasteiger partial charge in [0, 0.05) is 5.56 Å². The van der Waals surface area contributed by atoms with Crippen molar-refractivity contribution in [2.24, 2.45) is 0 Å². The second-order valence-electron chi connectivity index (χ2n) is 7.34. The van der Waals surface area contributed by atoms with Crippen LogP contribution in [-0.2, 0) is 0 Å². The number of hydrogen-bond donors (Lipinski definition) is 0. The molecule has 0 heterocycles. The zero-order valence-corrected chi connectivity index (χ0v) is 17.8. The average Bonchev–Trinajstić information content (AvgIpc) is 2.73. The second-order valence-corrected chi connectivity index (χ2v) is 7.75. The summed E-state index contributed by atoms with van der Waals surface area (Å²) in [4.78, 5) is 12.8. The van der Waals surface area contributed by atoms with E-state index in [-0.39, 0.29) is 5.78 Å². The first-order chi connectivity index (χ1) is 13.7. The van der Waals surface area contributed by atoms with Crippen LogP contribution in [0.4, 0.5) is 0 Å². The summed E-state index contributed by atoms with van der Waals surface area (Å²) >= 11 is 6.32. The zero-order valence-electron chi connectivity index (χ0n) is 17.1. The van der Waals surface area contributed by atoms with Gasteiger partial charge in [-0.05, 0) is 18.6 Å². The van der Waals surface area contributed by atoms with Gasteiger partial charge in [0.25, 0.3) is 0 Å². The molecule has 0 aromatic heterocycles. The molecule has 2 rings (SSSR count). The van der Waals surface area contributed by atoms with Crippen molar-refractivity contribution >= 4 is 17.4 Å². The monoisotopic (exact) mass is 400 g/mol. The Bertz CT molecular complexity index is 697. The van der Waals surface area contributed by atoms with Crippen LogP contribution < -0.4 is 4.74 Å². The molecule has 0 saturated carbocycles. The highest BCUT2D eigenvalue weighted by Crippen LogP contribution is 2.30. The number of para-hydroxylation sites is 1. The number of carbonyl (C=O) groups excluding carboxylic acids is 1. The number of halogens is 1. The first kappa shape index (κ1) is 22.5. The lowest BCUT2D eigenvalue weighted by Gasteiger charge is -2.12. The van der Waals surface area contributed by atoms with Crippen LogP contribution in [0.25, 0.3) is 0 Å². The lowest BCUT2D eigenvalue weighted by molar-refractivity contribution is 0.103. The predicted molar refractivity (Wildman–Crippen MR) is 119 cm³/mol. The number of rotatable bonds is 14. The Kier molecular flexibility index (Phi) is 10.8. The molecule has 0 spiro atoms. The van der Waals surface area contributed by atoms with Gasteiger partial charge in [0.2, 0.25) is 0 Å². The molecule has 3 heteroatoms. The van der Waals surface area contributed by atoms with Crippen molar-refractivity contribution in [3.63, 3.8) is 0 Å². The predicted octanol–water partition coefficient (Wildman–Crippen LogP) is 7.87. The van der Waals surface area contributed by atoms with Crippen LogP contribution in [-0.4, -0.2) is 12.4 Å². The van der Waals surface area contributed by atoms with E-state index >= 15 is 0 Å². The summed E-state index contributed by atoms with van der Waals surface area (Å²) < 4.78 is 5.93. The van der Waals surface area contributed by atoms with Gasteiger partial charge in [0.15, 0.2) is 5.78 Å². The van der Waals surface area contributed by atoms with Gasteiger partial charge in [0.1, 0.15) is 5.75 Å². The third kappa shape index (κ3) is 7.67. The van der Waals surface area contributed by atoms with Gasteiger partial charge in [-0.25, -0.2) is 0 Å². The van der Waals surface area contributed by atoms with Gasteiger partial charge in [-0.3, -0.25) is 4.79 Å². The van der Waals surface area contributed by atoms with E-state index in [9.17, 15) is 4.79 Å². The molecule has 0 unspecified atom stereocenters. The highest BCUT2D eigenvalue weighted by molar-refractivity contribution is 6.33. The maximum Gasteiger partial charge on any atom is 0.196 e. The Labute approximate surface area is 175 Å². The van der Waals surface area contributed by atoms with Crippen molar-refractivity contribution in [2.75, 3.05) is 6.61 Å². The molecule has 0 aliphatic heterocycles. The van der Waals surface area contributed by atoms with E-state index in [2.05, 4.69) is 6.92 Å². The third-order valence-corrected chi connectivity index (χ3v) is 5.29. The summed E-state index contributed by atoms with van der Waals surface area (Å²) in [6, 6.07) is 14.6. The molecule has 0 radical (unpaired) electrons. The van der Waals surface area contributed by atoms with Crippen LogP contribution in [0.2, 0.25) is 5.02 Å². The number of unbranched alkanes of at least 4 members (excludes halogenated alkanes) is 9. The van der Waals surface area contributed by atoms with Crippen LogP contribution in [0.15, 0.2) is 48.5 Å². The highest BCUT2D eigenvalue weighted by atomic mass is 35.5. The molecule has 2 aromatic carbocycles. The van der Waals surface area contributed by atoms with Crippen molar-refractivity contribution in [2.45, 2.75) is 71.1 Å². The molecule has 0 saturated heterocycles. The maximum absolute atomic E-state index is 12.8. The normalized spacial score (nSPS) is 10.8.